The molecule has 3 heterocycles. The Hall–Kier alpha value is -2.21. The van der Waals surface area contributed by atoms with E-state index in [-0.39, 0.29) is 12.4 Å². The highest BCUT2D eigenvalue weighted by atomic mass is 35.5. The summed E-state index contributed by atoms with van der Waals surface area (Å²) >= 11 is 8.24. The maximum atomic E-state index is 6.44. The van der Waals surface area contributed by atoms with Gasteiger partial charge in [0.15, 0.2) is 0 Å². The third kappa shape index (κ3) is 3.79. The number of methoxy groups -OCH3 is 2. The molecule has 0 spiro atoms. The van der Waals surface area contributed by atoms with Crippen LogP contribution in [0.1, 0.15) is 23.8 Å². The van der Waals surface area contributed by atoms with Crippen LogP contribution in [0.5, 0.6) is 11.5 Å². The number of hydrogen-bond donors (Lipinski definition) is 0. The van der Waals surface area contributed by atoms with Crippen molar-refractivity contribution in [3.8, 4) is 34.1 Å². The van der Waals surface area contributed by atoms with Crippen LogP contribution < -0.4 is 21.9 Å². The van der Waals surface area contributed by atoms with E-state index in [0.29, 0.717) is 22.4 Å². The average Bonchev–Trinajstić information content (AvgIpc) is 3.40. The molecule has 1 atom stereocenters. The number of ether oxygens (including phenoxy) is 2. The Kier molecular flexibility index (Phi) is 6.20. The minimum atomic E-state index is 0. The van der Waals surface area contributed by atoms with Crippen LogP contribution in [0.4, 0.5) is 0 Å². The SMILES string of the molecule is COc1cc(OC)c(-c2cc(-c3ccco3)c3c4c(sc3n2)CC(C)CC4)cc1Cl.[Cl-]. The van der Waals surface area contributed by atoms with E-state index in [2.05, 4.69) is 13.0 Å². The van der Waals surface area contributed by atoms with Gasteiger partial charge in [0.05, 0.1) is 31.2 Å². The monoisotopic (exact) mass is 474 g/mol. The van der Waals surface area contributed by atoms with E-state index in [0.717, 1.165) is 40.3 Å². The van der Waals surface area contributed by atoms with Crippen LogP contribution >= 0.6 is 22.9 Å². The smallest absolute Gasteiger partial charge is 0.141 e. The summed E-state index contributed by atoms with van der Waals surface area (Å²) in [6.45, 7) is 2.32. The maximum absolute atomic E-state index is 6.44. The first kappa shape index (κ1) is 22.0. The summed E-state index contributed by atoms with van der Waals surface area (Å²) in [6.07, 6.45) is 5.12. The van der Waals surface area contributed by atoms with Gasteiger partial charge in [-0.25, -0.2) is 4.98 Å². The number of aromatic nitrogens is 1. The van der Waals surface area contributed by atoms with Crippen LogP contribution in [0.2, 0.25) is 5.02 Å². The summed E-state index contributed by atoms with van der Waals surface area (Å²) < 4.78 is 16.8. The van der Waals surface area contributed by atoms with Gasteiger partial charge in [0, 0.05) is 27.5 Å². The van der Waals surface area contributed by atoms with Crippen LogP contribution in [0.3, 0.4) is 0 Å². The summed E-state index contributed by atoms with van der Waals surface area (Å²) in [4.78, 5) is 7.53. The molecule has 0 radical (unpaired) electrons. The number of nitrogens with zero attached hydrogens (tertiary/aromatic N) is 1. The number of thiophene rings is 1. The van der Waals surface area contributed by atoms with Crippen molar-refractivity contribution in [2.75, 3.05) is 14.2 Å². The third-order valence-electron chi connectivity index (χ3n) is 5.80. The van der Waals surface area contributed by atoms with Crippen molar-refractivity contribution in [1.82, 2.24) is 4.98 Å². The lowest BCUT2D eigenvalue weighted by Gasteiger charge is -2.18. The number of fused-ring (bicyclic) bond motifs is 3. The number of pyridine rings is 1. The predicted molar refractivity (Wildman–Crippen MR) is 122 cm³/mol. The zero-order valence-electron chi connectivity index (χ0n) is 17.5. The molecule has 1 aliphatic rings. The quantitative estimate of drug-likeness (QED) is 0.447. The molecule has 0 bridgehead atoms. The van der Waals surface area contributed by atoms with E-state index >= 15 is 0 Å². The number of furan rings is 1. The lowest BCUT2D eigenvalue weighted by atomic mass is 9.88. The van der Waals surface area contributed by atoms with Crippen molar-refractivity contribution < 1.29 is 26.3 Å². The molecule has 4 nitrogen and oxygen atoms in total. The minimum absolute atomic E-state index is 0. The fourth-order valence-electron chi connectivity index (χ4n) is 4.27. The van der Waals surface area contributed by atoms with Gasteiger partial charge in [-0.15, -0.1) is 11.3 Å². The number of aryl methyl sites for hydroxylation is 1. The van der Waals surface area contributed by atoms with Gasteiger partial charge < -0.3 is 26.3 Å². The van der Waals surface area contributed by atoms with Crippen LogP contribution in [-0.2, 0) is 12.8 Å². The first-order valence-corrected chi connectivity index (χ1v) is 11.2. The Bertz CT molecular complexity index is 1230. The van der Waals surface area contributed by atoms with E-state index in [1.165, 1.54) is 22.2 Å². The summed E-state index contributed by atoms with van der Waals surface area (Å²) in [5.41, 5.74) is 4.14. The number of hydrogen-bond acceptors (Lipinski definition) is 5. The molecule has 0 amide bonds. The van der Waals surface area contributed by atoms with Gasteiger partial charge in [-0.1, -0.05) is 18.5 Å². The zero-order chi connectivity index (χ0) is 20.8. The summed E-state index contributed by atoms with van der Waals surface area (Å²) in [7, 11) is 3.24. The van der Waals surface area contributed by atoms with Crippen molar-refractivity contribution in [3.63, 3.8) is 0 Å². The zero-order valence-corrected chi connectivity index (χ0v) is 19.8. The van der Waals surface area contributed by atoms with E-state index in [1.54, 1.807) is 37.9 Å². The summed E-state index contributed by atoms with van der Waals surface area (Å²) in [6, 6.07) is 9.68. The van der Waals surface area contributed by atoms with Crippen LogP contribution in [-0.4, -0.2) is 19.2 Å². The molecular formula is C24H22Cl2NO3S-. The molecule has 0 aliphatic heterocycles. The largest absolute Gasteiger partial charge is 1.00 e. The van der Waals surface area contributed by atoms with E-state index in [4.69, 9.17) is 30.5 Å². The van der Waals surface area contributed by atoms with Crippen LogP contribution in [0.25, 0.3) is 32.8 Å². The van der Waals surface area contributed by atoms with Gasteiger partial charge in [-0.2, -0.15) is 0 Å². The Balaban J connectivity index is 0.00000231. The van der Waals surface area contributed by atoms with Crippen LogP contribution in [0.15, 0.2) is 41.0 Å². The normalized spacial score (nSPS) is 15.4. The second kappa shape index (κ2) is 8.73. The Morgan fingerprint density at radius 1 is 1.13 bits per heavy atom. The Morgan fingerprint density at radius 2 is 1.94 bits per heavy atom. The van der Waals surface area contributed by atoms with E-state index < -0.39 is 0 Å². The predicted octanol–water partition coefficient (Wildman–Crippen LogP) is 4.02. The molecule has 0 saturated carbocycles. The van der Waals surface area contributed by atoms with E-state index in [1.807, 2.05) is 18.2 Å². The average molecular weight is 475 g/mol. The summed E-state index contributed by atoms with van der Waals surface area (Å²) in [5.74, 6) is 2.80. The standard InChI is InChI=1S/C24H22ClNO3S.ClH/c1-13-6-7-14-22(9-13)30-24-23(14)16(19-5-4-8-29-19)11-18(26-24)15-10-17(25)21(28-3)12-20(15)27-2;/h4-5,8,10-13H,6-7,9H2,1-3H3;1H/p-1. The molecule has 0 fully saturated rings. The van der Waals surface area contributed by atoms with Gasteiger partial charge in [0.2, 0.25) is 0 Å². The van der Waals surface area contributed by atoms with Gasteiger partial charge in [0.1, 0.15) is 22.1 Å². The first-order chi connectivity index (χ1) is 14.6. The topological polar surface area (TPSA) is 44.5 Å². The molecule has 31 heavy (non-hydrogen) atoms. The van der Waals surface area contributed by atoms with E-state index in [9.17, 15) is 0 Å². The number of rotatable bonds is 4. The molecule has 162 valence electrons. The molecule has 5 rings (SSSR count). The highest BCUT2D eigenvalue weighted by molar-refractivity contribution is 7.19. The third-order valence-corrected chi connectivity index (χ3v) is 7.25. The molecular weight excluding hydrogens is 453 g/mol. The molecule has 1 aromatic carbocycles. The molecule has 1 aliphatic carbocycles. The second-order valence-corrected chi connectivity index (χ2v) is 9.24. The fourth-order valence-corrected chi connectivity index (χ4v) is 5.92. The maximum Gasteiger partial charge on any atom is 0.141 e. The lowest BCUT2D eigenvalue weighted by molar-refractivity contribution is -0.00000696. The van der Waals surface area contributed by atoms with Gasteiger partial charge >= 0.3 is 0 Å². The minimum Gasteiger partial charge on any atom is -1.00 e. The molecule has 1 unspecified atom stereocenters. The van der Waals surface area contributed by atoms with Crippen molar-refractivity contribution in [3.05, 3.63) is 52.1 Å². The van der Waals surface area contributed by atoms with Gasteiger partial charge in [-0.3, -0.25) is 0 Å². The highest BCUT2D eigenvalue weighted by Gasteiger charge is 2.25. The summed E-state index contributed by atoms with van der Waals surface area (Å²) in [5, 5.41) is 1.74. The van der Waals surface area contributed by atoms with Crippen molar-refractivity contribution in [1.29, 1.82) is 0 Å². The highest BCUT2D eigenvalue weighted by Crippen LogP contribution is 2.45. The number of benzene rings is 1. The van der Waals surface area contributed by atoms with Crippen LogP contribution in [0, 0.1) is 5.92 Å². The number of halogens is 2. The molecule has 7 heteroatoms. The molecule has 3 aromatic heterocycles. The molecule has 0 saturated heterocycles. The molecule has 0 N–H and O–H groups in total. The van der Waals surface area contributed by atoms with Gasteiger partial charge in [0.25, 0.3) is 0 Å². The first-order valence-electron chi connectivity index (χ1n) is 10.00. The van der Waals surface area contributed by atoms with Gasteiger partial charge in [-0.05, 0) is 55.0 Å². The Morgan fingerprint density at radius 3 is 2.65 bits per heavy atom. The van der Waals surface area contributed by atoms with Crippen molar-refractivity contribution in [2.45, 2.75) is 26.2 Å². The molecule has 4 aromatic rings. The van der Waals surface area contributed by atoms with Crippen molar-refractivity contribution in [2.24, 2.45) is 5.92 Å². The van der Waals surface area contributed by atoms with Crippen molar-refractivity contribution >= 4 is 33.2 Å². The second-order valence-electron chi connectivity index (χ2n) is 7.75. The Labute approximate surface area is 196 Å². The fraction of sp³-hybridized carbons (Fsp3) is 0.292. The lowest BCUT2D eigenvalue weighted by Crippen LogP contribution is -3.00.